The number of hydrazine groups is 1. The fourth-order valence-electron chi connectivity index (χ4n) is 1.86. The van der Waals surface area contributed by atoms with Crippen molar-refractivity contribution in [3.63, 3.8) is 0 Å². The lowest BCUT2D eigenvalue weighted by Crippen LogP contribution is -2.34. The average molecular weight is 257 g/mol. The predicted octanol–water partition coefficient (Wildman–Crippen LogP) is 3.15. The first-order valence-electron chi connectivity index (χ1n) is 5.80. The molecule has 0 aliphatic rings. The zero-order valence-electron chi connectivity index (χ0n) is 10.8. The SMILES string of the molecule is COc1ccc(Cl)cc1C(NN)C(C)C(C)C. The van der Waals surface area contributed by atoms with Gasteiger partial charge in [-0.25, -0.2) is 0 Å². The molecule has 0 aliphatic carbocycles. The lowest BCUT2D eigenvalue weighted by molar-refractivity contribution is 0.296. The number of hydrogen-bond acceptors (Lipinski definition) is 3. The average Bonchev–Trinajstić information content (AvgIpc) is 2.30. The molecule has 96 valence electrons. The molecule has 2 unspecified atom stereocenters. The summed E-state index contributed by atoms with van der Waals surface area (Å²) in [7, 11) is 1.65. The van der Waals surface area contributed by atoms with E-state index in [-0.39, 0.29) is 6.04 Å². The third kappa shape index (κ3) is 3.35. The van der Waals surface area contributed by atoms with Crippen LogP contribution in [0.15, 0.2) is 18.2 Å². The Balaban J connectivity index is 3.14. The van der Waals surface area contributed by atoms with Crippen LogP contribution in [0.3, 0.4) is 0 Å². The van der Waals surface area contributed by atoms with Crippen molar-refractivity contribution in [2.45, 2.75) is 26.8 Å². The van der Waals surface area contributed by atoms with Gasteiger partial charge in [-0.1, -0.05) is 32.4 Å². The molecule has 0 bridgehead atoms. The first kappa shape index (κ1) is 14.3. The van der Waals surface area contributed by atoms with E-state index in [9.17, 15) is 0 Å². The molecule has 0 aliphatic heterocycles. The Kier molecular flexibility index (Phi) is 5.25. The summed E-state index contributed by atoms with van der Waals surface area (Å²) in [5.41, 5.74) is 3.87. The summed E-state index contributed by atoms with van der Waals surface area (Å²) in [6, 6.07) is 5.62. The molecule has 17 heavy (non-hydrogen) atoms. The number of nitrogens with two attached hydrogens (primary N) is 1. The smallest absolute Gasteiger partial charge is 0.123 e. The lowest BCUT2D eigenvalue weighted by atomic mass is 9.86. The van der Waals surface area contributed by atoms with Gasteiger partial charge in [0, 0.05) is 10.6 Å². The second-order valence-electron chi connectivity index (χ2n) is 4.63. The van der Waals surface area contributed by atoms with Gasteiger partial charge in [-0.2, -0.15) is 0 Å². The number of rotatable bonds is 5. The molecule has 1 rings (SSSR count). The topological polar surface area (TPSA) is 47.3 Å². The Morgan fingerprint density at radius 2 is 1.94 bits per heavy atom. The number of hydrogen-bond donors (Lipinski definition) is 2. The van der Waals surface area contributed by atoms with Gasteiger partial charge in [0.25, 0.3) is 0 Å². The number of ether oxygens (including phenoxy) is 1. The second kappa shape index (κ2) is 6.24. The zero-order chi connectivity index (χ0) is 13.0. The Hall–Kier alpha value is -0.770. The van der Waals surface area contributed by atoms with E-state index in [1.165, 1.54) is 0 Å². The van der Waals surface area contributed by atoms with Crippen molar-refractivity contribution in [1.82, 2.24) is 5.43 Å². The van der Waals surface area contributed by atoms with Crippen LogP contribution in [0.1, 0.15) is 32.4 Å². The van der Waals surface area contributed by atoms with Gasteiger partial charge in [0.05, 0.1) is 13.2 Å². The Morgan fingerprint density at radius 1 is 1.29 bits per heavy atom. The van der Waals surface area contributed by atoms with Crippen molar-refractivity contribution in [3.05, 3.63) is 28.8 Å². The van der Waals surface area contributed by atoms with Crippen LogP contribution in [-0.4, -0.2) is 7.11 Å². The molecule has 1 aromatic rings. The fraction of sp³-hybridized carbons (Fsp3) is 0.538. The van der Waals surface area contributed by atoms with Gasteiger partial charge in [-0.15, -0.1) is 0 Å². The number of methoxy groups -OCH3 is 1. The van der Waals surface area contributed by atoms with Crippen LogP contribution in [0.4, 0.5) is 0 Å². The summed E-state index contributed by atoms with van der Waals surface area (Å²) >= 11 is 6.03. The summed E-state index contributed by atoms with van der Waals surface area (Å²) < 4.78 is 5.36. The molecule has 0 saturated carbocycles. The number of benzene rings is 1. The maximum absolute atomic E-state index is 6.03. The highest BCUT2D eigenvalue weighted by atomic mass is 35.5. The number of halogens is 1. The van der Waals surface area contributed by atoms with Crippen LogP contribution in [0.5, 0.6) is 5.75 Å². The molecule has 0 fully saturated rings. The molecule has 3 nitrogen and oxygen atoms in total. The van der Waals surface area contributed by atoms with E-state index in [1.54, 1.807) is 7.11 Å². The minimum Gasteiger partial charge on any atom is -0.496 e. The maximum atomic E-state index is 6.03. The van der Waals surface area contributed by atoms with Crippen molar-refractivity contribution in [2.24, 2.45) is 17.7 Å². The molecule has 0 saturated heterocycles. The molecule has 1 aromatic carbocycles. The van der Waals surface area contributed by atoms with Crippen molar-refractivity contribution >= 4 is 11.6 Å². The van der Waals surface area contributed by atoms with Crippen LogP contribution in [0.25, 0.3) is 0 Å². The quantitative estimate of drug-likeness (QED) is 0.629. The molecule has 3 N–H and O–H groups in total. The predicted molar refractivity (Wildman–Crippen MR) is 72.1 cm³/mol. The minimum absolute atomic E-state index is 0.0312. The van der Waals surface area contributed by atoms with Crippen LogP contribution in [0, 0.1) is 11.8 Å². The van der Waals surface area contributed by atoms with Crippen LogP contribution in [-0.2, 0) is 0 Å². The summed E-state index contributed by atoms with van der Waals surface area (Å²) in [6.45, 7) is 6.51. The molecule has 0 aromatic heterocycles. The summed E-state index contributed by atoms with van der Waals surface area (Å²) in [6.07, 6.45) is 0. The van der Waals surface area contributed by atoms with Crippen LogP contribution < -0.4 is 16.0 Å². The Labute approximate surface area is 108 Å². The van der Waals surface area contributed by atoms with Gasteiger partial charge in [0.2, 0.25) is 0 Å². The van der Waals surface area contributed by atoms with Crippen molar-refractivity contribution in [2.75, 3.05) is 7.11 Å². The molecule has 0 amide bonds. The van der Waals surface area contributed by atoms with Gasteiger partial charge in [-0.3, -0.25) is 11.3 Å². The van der Waals surface area contributed by atoms with Crippen molar-refractivity contribution < 1.29 is 4.74 Å². The first-order valence-corrected chi connectivity index (χ1v) is 6.18. The molecule has 4 heteroatoms. The van der Waals surface area contributed by atoms with E-state index in [4.69, 9.17) is 22.2 Å². The van der Waals surface area contributed by atoms with Crippen LogP contribution in [0.2, 0.25) is 5.02 Å². The summed E-state index contributed by atoms with van der Waals surface area (Å²) in [4.78, 5) is 0. The highest BCUT2D eigenvalue weighted by Crippen LogP contribution is 2.34. The lowest BCUT2D eigenvalue weighted by Gasteiger charge is -2.28. The van der Waals surface area contributed by atoms with Gasteiger partial charge < -0.3 is 4.74 Å². The molecular weight excluding hydrogens is 236 g/mol. The normalized spacial score (nSPS) is 14.8. The monoisotopic (exact) mass is 256 g/mol. The van der Waals surface area contributed by atoms with Gasteiger partial charge in [0.1, 0.15) is 5.75 Å². The van der Waals surface area contributed by atoms with Crippen molar-refractivity contribution in [3.8, 4) is 5.75 Å². The van der Waals surface area contributed by atoms with E-state index < -0.39 is 0 Å². The van der Waals surface area contributed by atoms with Gasteiger partial charge in [-0.05, 0) is 30.0 Å². The molecule has 0 radical (unpaired) electrons. The van der Waals surface area contributed by atoms with Crippen molar-refractivity contribution in [1.29, 1.82) is 0 Å². The summed E-state index contributed by atoms with van der Waals surface area (Å²) in [5.74, 6) is 7.37. The zero-order valence-corrected chi connectivity index (χ0v) is 11.6. The largest absolute Gasteiger partial charge is 0.496 e. The summed E-state index contributed by atoms with van der Waals surface area (Å²) in [5, 5.41) is 0.692. The Morgan fingerprint density at radius 3 is 2.41 bits per heavy atom. The maximum Gasteiger partial charge on any atom is 0.123 e. The van der Waals surface area contributed by atoms with E-state index in [0.29, 0.717) is 16.9 Å². The molecule has 2 atom stereocenters. The second-order valence-corrected chi connectivity index (χ2v) is 5.07. The first-order chi connectivity index (χ1) is 8.01. The molecule has 0 heterocycles. The van der Waals surface area contributed by atoms with E-state index in [0.717, 1.165) is 11.3 Å². The van der Waals surface area contributed by atoms with E-state index >= 15 is 0 Å². The van der Waals surface area contributed by atoms with E-state index in [2.05, 4.69) is 26.2 Å². The minimum atomic E-state index is 0.0312. The standard InChI is InChI=1S/C13H21ClN2O/c1-8(2)9(3)13(16-15)11-7-10(14)5-6-12(11)17-4/h5-9,13,16H,15H2,1-4H3. The van der Waals surface area contributed by atoms with E-state index in [1.807, 2.05) is 18.2 Å². The Bertz CT molecular complexity index is 368. The highest BCUT2D eigenvalue weighted by molar-refractivity contribution is 6.30. The third-order valence-corrected chi connectivity index (χ3v) is 3.52. The highest BCUT2D eigenvalue weighted by Gasteiger charge is 2.23. The third-order valence-electron chi connectivity index (χ3n) is 3.28. The fourth-order valence-corrected chi connectivity index (χ4v) is 2.04. The molecular formula is C13H21ClN2O. The molecule has 0 spiro atoms. The van der Waals surface area contributed by atoms with Gasteiger partial charge >= 0.3 is 0 Å². The number of nitrogens with one attached hydrogen (secondary N) is 1. The van der Waals surface area contributed by atoms with Crippen LogP contribution >= 0.6 is 11.6 Å². The van der Waals surface area contributed by atoms with Gasteiger partial charge in [0.15, 0.2) is 0 Å².